The van der Waals surface area contributed by atoms with E-state index in [0.29, 0.717) is 17.1 Å². The number of rotatable bonds is 3. The molecule has 3 nitrogen and oxygen atoms in total. The molecule has 0 saturated heterocycles. The Morgan fingerprint density at radius 2 is 2.22 bits per heavy atom. The first-order valence-corrected chi connectivity index (χ1v) is 6.46. The SMILES string of the molecule is O=C(Cc1cccnc1)Nc1ccc(Cl)cc1Br. The number of hydrogen-bond donors (Lipinski definition) is 1. The smallest absolute Gasteiger partial charge is 0.228 e. The Morgan fingerprint density at radius 1 is 1.39 bits per heavy atom. The lowest BCUT2D eigenvalue weighted by Gasteiger charge is -2.07. The van der Waals surface area contributed by atoms with Crippen molar-refractivity contribution < 1.29 is 4.79 Å². The molecule has 0 saturated carbocycles. The normalized spacial score (nSPS) is 10.1. The van der Waals surface area contributed by atoms with Crippen molar-refractivity contribution in [1.82, 2.24) is 4.98 Å². The molecule has 1 amide bonds. The van der Waals surface area contributed by atoms with Gasteiger partial charge in [-0.15, -0.1) is 0 Å². The predicted molar refractivity (Wildman–Crippen MR) is 75.7 cm³/mol. The highest BCUT2D eigenvalue weighted by molar-refractivity contribution is 9.10. The molecule has 18 heavy (non-hydrogen) atoms. The fraction of sp³-hybridized carbons (Fsp3) is 0.0769. The Labute approximate surface area is 118 Å². The van der Waals surface area contributed by atoms with Crippen LogP contribution >= 0.6 is 27.5 Å². The highest BCUT2D eigenvalue weighted by Gasteiger charge is 2.07. The molecule has 0 atom stereocenters. The monoisotopic (exact) mass is 324 g/mol. The predicted octanol–water partition coefficient (Wildman–Crippen LogP) is 3.68. The second-order valence-corrected chi connectivity index (χ2v) is 5.00. The summed E-state index contributed by atoms with van der Waals surface area (Å²) in [4.78, 5) is 15.8. The van der Waals surface area contributed by atoms with E-state index in [1.807, 2.05) is 6.07 Å². The molecule has 0 spiro atoms. The fourth-order valence-electron chi connectivity index (χ4n) is 1.47. The summed E-state index contributed by atoms with van der Waals surface area (Å²) in [5.74, 6) is -0.0916. The van der Waals surface area contributed by atoms with Gasteiger partial charge >= 0.3 is 0 Å². The van der Waals surface area contributed by atoms with Crippen molar-refractivity contribution in [2.24, 2.45) is 0 Å². The molecule has 0 fully saturated rings. The summed E-state index contributed by atoms with van der Waals surface area (Å²) in [5, 5.41) is 3.43. The van der Waals surface area contributed by atoms with E-state index < -0.39 is 0 Å². The average molecular weight is 326 g/mol. The molecule has 1 N–H and O–H groups in total. The van der Waals surface area contributed by atoms with Gasteiger partial charge in [0.05, 0.1) is 12.1 Å². The maximum Gasteiger partial charge on any atom is 0.228 e. The van der Waals surface area contributed by atoms with Crippen molar-refractivity contribution in [3.63, 3.8) is 0 Å². The first-order chi connectivity index (χ1) is 8.65. The minimum Gasteiger partial charge on any atom is -0.325 e. The number of hydrogen-bond acceptors (Lipinski definition) is 2. The molecule has 1 aromatic carbocycles. The van der Waals surface area contributed by atoms with Gasteiger partial charge in [-0.1, -0.05) is 17.7 Å². The van der Waals surface area contributed by atoms with Crippen LogP contribution in [-0.2, 0) is 11.2 Å². The molecule has 0 radical (unpaired) electrons. The molecular formula is C13H10BrClN2O. The molecule has 0 bridgehead atoms. The molecule has 0 aliphatic rings. The topological polar surface area (TPSA) is 42.0 Å². The van der Waals surface area contributed by atoms with Crippen LogP contribution in [0.15, 0.2) is 47.2 Å². The first-order valence-electron chi connectivity index (χ1n) is 5.29. The summed E-state index contributed by atoms with van der Waals surface area (Å²) >= 11 is 9.18. The first kappa shape index (κ1) is 13.1. The van der Waals surface area contributed by atoms with Gasteiger partial charge in [-0.25, -0.2) is 0 Å². The quantitative estimate of drug-likeness (QED) is 0.935. The zero-order valence-electron chi connectivity index (χ0n) is 9.36. The van der Waals surface area contributed by atoms with E-state index >= 15 is 0 Å². The number of carbonyl (C=O) groups is 1. The molecule has 1 aromatic heterocycles. The summed E-state index contributed by atoms with van der Waals surface area (Å²) in [5.41, 5.74) is 1.58. The number of pyridine rings is 1. The Hall–Kier alpha value is -1.39. The van der Waals surface area contributed by atoms with Gasteiger partial charge in [0.25, 0.3) is 0 Å². The number of carbonyl (C=O) groups excluding carboxylic acids is 1. The zero-order valence-corrected chi connectivity index (χ0v) is 11.7. The zero-order chi connectivity index (χ0) is 13.0. The third-order valence-corrected chi connectivity index (χ3v) is 3.18. The van der Waals surface area contributed by atoms with E-state index in [4.69, 9.17) is 11.6 Å². The van der Waals surface area contributed by atoms with Gasteiger partial charge < -0.3 is 5.32 Å². The molecular weight excluding hydrogens is 316 g/mol. The number of amides is 1. The number of benzene rings is 1. The second-order valence-electron chi connectivity index (χ2n) is 3.71. The molecule has 0 aliphatic heterocycles. The van der Waals surface area contributed by atoms with Gasteiger partial charge in [0.2, 0.25) is 5.91 Å². The van der Waals surface area contributed by atoms with Crippen molar-refractivity contribution in [1.29, 1.82) is 0 Å². The van der Waals surface area contributed by atoms with Gasteiger partial charge in [0, 0.05) is 21.9 Å². The molecule has 0 aliphatic carbocycles. The van der Waals surface area contributed by atoms with Crippen LogP contribution in [0, 0.1) is 0 Å². The maximum atomic E-state index is 11.8. The average Bonchev–Trinajstić information content (AvgIpc) is 2.34. The van der Waals surface area contributed by atoms with Crippen molar-refractivity contribution in [3.8, 4) is 0 Å². The Kier molecular flexibility index (Phi) is 4.33. The molecule has 2 rings (SSSR count). The maximum absolute atomic E-state index is 11.8. The summed E-state index contributed by atoms with van der Waals surface area (Å²) in [6.45, 7) is 0. The van der Waals surface area contributed by atoms with E-state index in [1.165, 1.54) is 0 Å². The molecule has 5 heteroatoms. The minimum atomic E-state index is -0.0916. The summed E-state index contributed by atoms with van der Waals surface area (Å²) in [7, 11) is 0. The van der Waals surface area contributed by atoms with Crippen molar-refractivity contribution in [3.05, 3.63) is 57.8 Å². The lowest BCUT2D eigenvalue weighted by molar-refractivity contribution is -0.115. The van der Waals surface area contributed by atoms with Gasteiger partial charge in [0.1, 0.15) is 0 Å². The van der Waals surface area contributed by atoms with Crippen LogP contribution in [0.4, 0.5) is 5.69 Å². The Morgan fingerprint density at radius 3 is 2.89 bits per heavy atom. The fourth-order valence-corrected chi connectivity index (χ4v) is 2.26. The van der Waals surface area contributed by atoms with Crippen LogP contribution < -0.4 is 5.32 Å². The van der Waals surface area contributed by atoms with Crippen LogP contribution in [0.25, 0.3) is 0 Å². The number of halogens is 2. The molecule has 0 unspecified atom stereocenters. The minimum absolute atomic E-state index is 0.0916. The van der Waals surface area contributed by atoms with Crippen LogP contribution in [-0.4, -0.2) is 10.9 Å². The number of nitrogens with one attached hydrogen (secondary N) is 1. The highest BCUT2D eigenvalue weighted by atomic mass is 79.9. The Balaban J connectivity index is 2.03. The van der Waals surface area contributed by atoms with Crippen molar-refractivity contribution >= 4 is 39.1 Å². The van der Waals surface area contributed by atoms with Gasteiger partial charge in [0.15, 0.2) is 0 Å². The van der Waals surface area contributed by atoms with Crippen LogP contribution in [0.3, 0.4) is 0 Å². The van der Waals surface area contributed by atoms with Gasteiger partial charge in [-0.05, 0) is 45.8 Å². The summed E-state index contributed by atoms with van der Waals surface area (Å²) in [6, 6.07) is 8.89. The van der Waals surface area contributed by atoms with Crippen molar-refractivity contribution in [2.75, 3.05) is 5.32 Å². The largest absolute Gasteiger partial charge is 0.325 e. The number of aromatic nitrogens is 1. The van der Waals surface area contributed by atoms with E-state index in [0.717, 1.165) is 10.0 Å². The molecule has 1 heterocycles. The summed E-state index contributed by atoms with van der Waals surface area (Å²) in [6.07, 6.45) is 3.65. The van der Waals surface area contributed by atoms with E-state index in [1.54, 1.807) is 36.7 Å². The van der Waals surface area contributed by atoms with E-state index in [2.05, 4.69) is 26.2 Å². The molecule has 2 aromatic rings. The Bertz CT molecular complexity index is 560. The van der Waals surface area contributed by atoms with Crippen LogP contribution in [0.1, 0.15) is 5.56 Å². The number of anilines is 1. The van der Waals surface area contributed by atoms with Gasteiger partial charge in [-0.2, -0.15) is 0 Å². The third kappa shape index (κ3) is 3.55. The van der Waals surface area contributed by atoms with E-state index in [-0.39, 0.29) is 5.91 Å². The second kappa shape index (κ2) is 5.98. The van der Waals surface area contributed by atoms with Crippen molar-refractivity contribution in [2.45, 2.75) is 6.42 Å². The third-order valence-electron chi connectivity index (χ3n) is 2.29. The molecule has 92 valence electrons. The standard InChI is InChI=1S/C13H10BrClN2O/c14-11-7-10(15)3-4-12(11)17-13(18)6-9-2-1-5-16-8-9/h1-5,7-8H,6H2,(H,17,18). The van der Waals surface area contributed by atoms with Gasteiger partial charge in [-0.3, -0.25) is 9.78 Å². The summed E-state index contributed by atoms with van der Waals surface area (Å²) < 4.78 is 0.759. The number of nitrogens with zero attached hydrogens (tertiary/aromatic N) is 1. The lowest BCUT2D eigenvalue weighted by Crippen LogP contribution is -2.14. The van der Waals surface area contributed by atoms with E-state index in [9.17, 15) is 4.79 Å². The highest BCUT2D eigenvalue weighted by Crippen LogP contribution is 2.25. The van der Waals surface area contributed by atoms with Crippen LogP contribution in [0.2, 0.25) is 5.02 Å². The van der Waals surface area contributed by atoms with Crippen LogP contribution in [0.5, 0.6) is 0 Å². The lowest BCUT2D eigenvalue weighted by atomic mass is 10.2.